The van der Waals surface area contributed by atoms with Gasteiger partial charge >= 0.3 is 0 Å². The number of nitrogens with zero attached hydrogens (tertiary/aromatic N) is 1. The minimum atomic E-state index is -3.64. The minimum Gasteiger partial charge on any atom is -0.354 e. The largest absolute Gasteiger partial charge is 0.354 e. The number of hydrogen-bond acceptors (Lipinski definition) is 3. The number of aliphatic imine (C=N–C) groups is 1. The highest BCUT2D eigenvalue weighted by molar-refractivity contribution is 7.89. The summed E-state index contributed by atoms with van der Waals surface area (Å²) in [7, 11) is -1.89. The van der Waals surface area contributed by atoms with Gasteiger partial charge < -0.3 is 10.6 Å². The number of nitrogens with one attached hydrogen (secondary N) is 2. The van der Waals surface area contributed by atoms with Gasteiger partial charge in [-0.05, 0) is 43.4 Å². The Bertz CT molecular complexity index is 680. The molecule has 1 unspecified atom stereocenters. The molecule has 0 heterocycles. The van der Waals surface area contributed by atoms with Gasteiger partial charge in [-0.25, -0.2) is 13.6 Å². The highest BCUT2D eigenvalue weighted by Crippen LogP contribution is 2.27. The molecule has 1 aliphatic carbocycles. The molecule has 6 nitrogen and oxygen atoms in total. The fourth-order valence-corrected chi connectivity index (χ4v) is 3.96. The number of benzene rings is 1. The molecule has 0 spiro atoms. The summed E-state index contributed by atoms with van der Waals surface area (Å²) < 4.78 is 22.6. The SMILES string of the molecule is CN=C(NCc1ccc(S(N)(=O)=O)cc1)NC(C)CCC1CCCCC1. The van der Waals surface area contributed by atoms with Crippen LogP contribution in [0.5, 0.6) is 0 Å². The van der Waals surface area contributed by atoms with Crippen molar-refractivity contribution in [2.24, 2.45) is 16.0 Å². The zero-order valence-electron chi connectivity index (χ0n) is 15.9. The third-order valence-electron chi connectivity index (χ3n) is 5.05. The third-order valence-corrected chi connectivity index (χ3v) is 5.98. The van der Waals surface area contributed by atoms with E-state index < -0.39 is 10.0 Å². The Labute approximate surface area is 157 Å². The van der Waals surface area contributed by atoms with Gasteiger partial charge in [-0.2, -0.15) is 0 Å². The Morgan fingerprint density at radius 1 is 1.23 bits per heavy atom. The van der Waals surface area contributed by atoms with Gasteiger partial charge in [0.05, 0.1) is 4.90 Å². The van der Waals surface area contributed by atoms with E-state index in [1.807, 2.05) is 0 Å². The van der Waals surface area contributed by atoms with E-state index in [2.05, 4.69) is 22.5 Å². The summed E-state index contributed by atoms with van der Waals surface area (Å²) in [6.45, 7) is 2.76. The van der Waals surface area contributed by atoms with Gasteiger partial charge in [-0.3, -0.25) is 4.99 Å². The Hall–Kier alpha value is -1.60. The van der Waals surface area contributed by atoms with Crippen molar-refractivity contribution in [3.05, 3.63) is 29.8 Å². The molecule has 0 radical (unpaired) electrons. The zero-order valence-corrected chi connectivity index (χ0v) is 16.7. The van der Waals surface area contributed by atoms with Gasteiger partial charge in [0.25, 0.3) is 0 Å². The fourth-order valence-electron chi connectivity index (χ4n) is 3.44. The molecular weight excluding hydrogens is 348 g/mol. The van der Waals surface area contributed by atoms with E-state index in [-0.39, 0.29) is 4.90 Å². The van der Waals surface area contributed by atoms with Crippen LogP contribution in [0.2, 0.25) is 0 Å². The molecule has 0 amide bonds. The van der Waals surface area contributed by atoms with Crippen LogP contribution < -0.4 is 15.8 Å². The molecule has 4 N–H and O–H groups in total. The first-order chi connectivity index (χ1) is 12.4. The maximum Gasteiger partial charge on any atom is 0.238 e. The first-order valence-corrected chi connectivity index (χ1v) is 11.0. The zero-order chi connectivity index (χ0) is 19.0. The average Bonchev–Trinajstić information content (AvgIpc) is 2.64. The first kappa shape index (κ1) is 20.7. The lowest BCUT2D eigenvalue weighted by atomic mass is 9.85. The summed E-state index contributed by atoms with van der Waals surface area (Å²) in [6, 6.07) is 6.93. The summed E-state index contributed by atoms with van der Waals surface area (Å²) in [4.78, 5) is 4.40. The molecule has 1 aromatic rings. The quantitative estimate of drug-likeness (QED) is 0.500. The molecule has 7 heteroatoms. The van der Waals surface area contributed by atoms with E-state index in [1.165, 1.54) is 50.7 Å². The molecule has 2 rings (SSSR count). The van der Waals surface area contributed by atoms with Crippen LogP contribution in [-0.2, 0) is 16.6 Å². The standard InChI is InChI=1S/C19H32N4O2S/c1-15(8-9-16-6-4-3-5-7-16)23-19(21-2)22-14-17-10-12-18(13-11-17)26(20,24)25/h10-13,15-16H,3-9,14H2,1-2H3,(H2,20,24,25)(H2,21,22,23). The first-order valence-electron chi connectivity index (χ1n) is 9.47. The second-order valence-corrected chi connectivity index (χ2v) is 8.80. The summed E-state index contributed by atoms with van der Waals surface area (Å²) >= 11 is 0. The molecule has 1 aromatic carbocycles. The molecule has 1 atom stereocenters. The monoisotopic (exact) mass is 380 g/mol. The normalized spacial score (nSPS) is 17.7. The Kier molecular flexibility index (Phi) is 7.90. The summed E-state index contributed by atoms with van der Waals surface area (Å²) in [5.74, 6) is 1.65. The van der Waals surface area contributed by atoms with Gasteiger partial charge in [0.15, 0.2) is 5.96 Å². The van der Waals surface area contributed by atoms with Crippen LogP contribution >= 0.6 is 0 Å². The van der Waals surface area contributed by atoms with Gasteiger partial charge in [-0.15, -0.1) is 0 Å². The van der Waals surface area contributed by atoms with Crippen LogP contribution in [0.4, 0.5) is 0 Å². The van der Waals surface area contributed by atoms with Crippen molar-refractivity contribution in [2.75, 3.05) is 7.05 Å². The molecule has 1 aliphatic rings. The van der Waals surface area contributed by atoms with Crippen LogP contribution in [0, 0.1) is 5.92 Å². The Balaban J connectivity index is 1.76. The molecule has 26 heavy (non-hydrogen) atoms. The Morgan fingerprint density at radius 2 is 1.88 bits per heavy atom. The van der Waals surface area contributed by atoms with Crippen LogP contribution in [0.1, 0.15) is 57.4 Å². The molecule has 0 bridgehead atoms. The molecule has 1 fully saturated rings. The van der Waals surface area contributed by atoms with Crippen molar-refractivity contribution >= 4 is 16.0 Å². The maximum absolute atomic E-state index is 11.3. The van der Waals surface area contributed by atoms with Crippen LogP contribution in [0.3, 0.4) is 0 Å². The van der Waals surface area contributed by atoms with Crippen molar-refractivity contribution < 1.29 is 8.42 Å². The number of rotatable bonds is 7. The molecule has 0 aromatic heterocycles. The van der Waals surface area contributed by atoms with E-state index >= 15 is 0 Å². The lowest BCUT2D eigenvalue weighted by molar-refractivity contribution is 0.322. The second kappa shape index (κ2) is 9.92. The number of sulfonamides is 1. The van der Waals surface area contributed by atoms with Crippen molar-refractivity contribution in [3.63, 3.8) is 0 Å². The predicted molar refractivity (Wildman–Crippen MR) is 106 cm³/mol. The lowest BCUT2D eigenvalue weighted by Gasteiger charge is -2.24. The Morgan fingerprint density at radius 3 is 2.46 bits per heavy atom. The van der Waals surface area contributed by atoms with Crippen molar-refractivity contribution in [3.8, 4) is 0 Å². The summed E-state index contributed by atoms with van der Waals surface area (Å²) in [5, 5.41) is 11.8. The maximum atomic E-state index is 11.3. The van der Waals surface area contributed by atoms with Crippen LogP contribution in [-0.4, -0.2) is 27.5 Å². The van der Waals surface area contributed by atoms with E-state index in [9.17, 15) is 8.42 Å². The molecule has 1 saturated carbocycles. The van der Waals surface area contributed by atoms with E-state index in [4.69, 9.17) is 5.14 Å². The summed E-state index contributed by atoms with van der Waals surface area (Å²) in [5.41, 5.74) is 0.968. The van der Waals surface area contributed by atoms with Gasteiger partial charge in [0, 0.05) is 19.6 Å². The number of primary sulfonamides is 1. The van der Waals surface area contributed by atoms with E-state index in [0.29, 0.717) is 12.6 Å². The van der Waals surface area contributed by atoms with Gasteiger partial charge in [-0.1, -0.05) is 44.2 Å². The molecule has 0 saturated heterocycles. The lowest BCUT2D eigenvalue weighted by Crippen LogP contribution is -2.42. The highest BCUT2D eigenvalue weighted by Gasteiger charge is 2.15. The topological polar surface area (TPSA) is 96.6 Å². The second-order valence-electron chi connectivity index (χ2n) is 7.24. The molecule has 0 aliphatic heterocycles. The smallest absolute Gasteiger partial charge is 0.238 e. The van der Waals surface area contributed by atoms with Crippen molar-refractivity contribution in [1.82, 2.24) is 10.6 Å². The number of guanidine groups is 1. The molecular formula is C19H32N4O2S. The molecule has 146 valence electrons. The number of hydrogen-bond donors (Lipinski definition) is 3. The van der Waals surface area contributed by atoms with Gasteiger partial charge in [0.2, 0.25) is 10.0 Å². The number of nitrogens with two attached hydrogens (primary N) is 1. The highest BCUT2D eigenvalue weighted by atomic mass is 32.2. The minimum absolute atomic E-state index is 0.125. The fraction of sp³-hybridized carbons (Fsp3) is 0.632. The van der Waals surface area contributed by atoms with E-state index in [0.717, 1.165) is 23.9 Å². The van der Waals surface area contributed by atoms with Crippen LogP contribution in [0.15, 0.2) is 34.2 Å². The summed E-state index contributed by atoms with van der Waals surface area (Å²) in [6.07, 6.45) is 9.37. The third kappa shape index (κ3) is 6.96. The van der Waals surface area contributed by atoms with Crippen LogP contribution in [0.25, 0.3) is 0 Å². The predicted octanol–water partition coefficient (Wildman–Crippen LogP) is 2.75. The van der Waals surface area contributed by atoms with Gasteiger partial charge in [0.1, 0.15) is 0 Å². The van der Waals surface area contributed by atoms with E-state index in [1.54, 1.807) is 19.2 Å². The van der Waals surface area contributed by atoms with Crippen molar-refractivity contribution in [2.45, 2.75) is 69.4 Å². The van der Waals surface area contributed by atoms with Crippen molar-refractivity contribution in [1.29, 1.82) is 0 Å². The average molecular weight is 381 g/mol.